The van der Waals surface area contributed by atoms with Gasteiger partial charge in [0, 0.05) is 0 Å². The largest absolute Gasteiger partial charge is 0.416 e. The Labute approximate surface area is 117 Å². The number of halogens is 3. The van der Waals surface area contributed by atoms with E-state index in [2.05, 4.69) is 0 Å². The molecule has 0 amide bonds. The fourth-order valence-corrected chi connectivity index (χ4v) is 2.78. The summed E-state index contributed by atoms with van der Waals surface area (Å²) in [6.07, 6.45) is 2.89. The van der Waals surface area contributed by atoms with Gasteiger partial charge in [0.1, 0.15) is 0 Å². The molecule has 0 saturated heterocycles. The summed E-state index contributed by atoms with van der Waals surface area (Å²) in [4.78, 5) is 0. The van der Waals surface area contributed by atoms with Crippen LogP contribution in [-0.4, -0.2) is 11.7 Å². The van der Waals surface area contributed by atoms with Crippen LogP contribution >= 0.6 is 0 Å². The average molecular weight is 284 g/mol. The number of aliphatic hydroxyl groups excluding tert-OH is 1. The summed E-state index contributed by atoms with van der Waals surface area (Å²) in [5.41, 5.74) is 0.714. The van der Waals surface area contributed by atoms with Crippen LogP contribution in [0.15, 0.2) is 29.8 Å². The molecule has 1 N–H and O–H groups in total. The molecule has 0 bridgehead atoms. The van der Waals surface area contributed by atoms with Gasteiger partial charge >= 0.3 is 6.18 Å². The number of hydrogen-bond donors (Lipinski definition) is 1. The van der Waals surface area contributed by atoms with Gasteiger partial charge in [-0.3, -0.25) is 0 Å². The van der Waals surface area contributed by atoms with Crippen LogP contribution in [0.4, 0.5) is 13.2 Å². The highest BCUT2D eigenvalue weighted by Crippen LogP contribution is 2.32. The van der Waals surface area contributed by atoms with Crippen molar-refractivity contribution < 1.29 is 18.3 Å². The Hall–Kier alpha value is -1.29. The highest BCUT2D eigenvalue weighted by atomic mass is 19.4. The van der Waals surface area contributed by atoms with Crippen LogP contribution in [0.25, 0.3) is 6.08 Å². The molecule has 1 nitrogen and oxygen atoms in total. The van der Waals surface area contributed by atoms with Crippen LogP contribution in [0.3, 0.4) is 0 Å². The molecule has 0 aromatic heterocycles. The van der Waals surface area contributed by atoms with E-state index in [1.807, 2.05) is 0 Å². The number of hydrogen-bond acceptors (Lipinski definition) is 1. The molecule has 0 atom stereocenters. The van der Waals surface area contributed by atoms with Crippen molar-refractivity contribution in [2.75, 3.05) is 6.61 Å². The van der Waals surface area contributed by atoms with Gasteiger partial charge in [-0.25, -0.2) is 0 Å². The van der Waals surface area contributed by atoms with Crippen LogP contribution in [-0.2, 0) is 6.18 Å². The van der Waals surface area contributed by atoms with E-state index < -0.39 is 11.7 Å². The Morgan fingerprint density at radius 2 is 1.90 bits per heavy atom. The second-order valence-corrected chi connectivity index (χ2v) is 5.34. The minimum absolute atomic E-state index is 0.0824. The third kappa shape index (κ3) is 3.85. The first kappa shape index (κ1) is 15.1. The molecule has 1 aliphatic carbocycles. The summed E-state index contributed by atoms with van der Waals surface area (Å²) in [7, 11) is 0. The van der Waals surface area contributed by atoms with Gasteiger partial charge in [0.25, 0.3) is 0 Å². The highest BCUT2D eigenvalue weighted by molar-refractivity contribution is 5.55. The second kappa shape index (κ2) is 6.44. The smallest absolute Gasteiger partial charge is 0.392 e. The lowest BCUT2D eigenvalue weighted by molar-refractivity contribution is -0.137. The minimum atomic E-state index is -4.33. The molecule has 0 spiro atoms. The number of rotatable bonds is 3. The fourth-order valence-electron chi connectivity index (χ4n) is 2.78. The summed E-state index contributed by atoms with van der Waals surface area (Å²) in [5.74, 6) is 0.309. The van der Waals surface area contributed by atoms with Crippen molar-refractivity contribution in [3.8, 4) is 0 Å². The Morgan fingerprint density at radius 3 is 2.50 bits per heavy atom. The quantitative estimate of drug-likeness (QED) is 0.855. The van der Waals surface area contributed by atoms with E-state index in [9.17, 15) is 18.3 Å². The lowest BCUT2D eigenvalue weighted by Crippen LogP contribution is -2.11. The summed E-state index contributed by atoms with van der Waals surface area (Å²) in [5, 5.41) is 9.48. The molecule has 1 aliphatic rings. The van der Waals surface area contributed by atoms with E-state index in [0.717, 1.165) is 43.4 Å². The molecular weight excluding hydrogens is 265 g/mol. The molecule has 0 unspecified atom stereocenters. The molecule has 0 heterocycles. The van der Waals surface area contributed by atoms with Crippen molar-refractivity contribution in [1.29, 1.82) is 0 Å². The normalized spacial score (nSPS) is 18.3. The predicted molar refractivity (Wildman–Crippen MR) is 73.1 cm³/mol. The lowest BCUT2D eigenvalue weighted by Gasteiger charge is -2.23. The summed E-state index contributed by atoms with van der Waals surface area (Å²) in [6, 6.07) is 5.26. The zero-order valence-corrected chi connectivity index (χ0v) is 11.3. The van der Waals surface area contributed by atoms with Crippen molar-refractivity contribution >= 4 is 6.08 Å². The van der Waals surface area contributed by atoms with Crippen LogP contribution in [0.2, 0.25) is 0 Å². The van der Waals surface area contributed by atoms with Gasteiger partial charge in [-0.15, -0.1) is 0 Å². The molecule has 1 saturated carbocycles. The monoisotopic (exact) mass is 284 g/mol. The maximum absolute atomic E-state index is 12.7. The second-order valence-electron chi connectivity index (χ2n) is 5.34. The first-order valence-corrected chi connectivity index (χ1v) is 6.99. The zero-order chi connectivity index (χ0) is 14.6. The van der Waals surface area contributed by atoms with Gasteiger partial charge in [0.2, 0.25) is 0 Å². The SMILES string of the molecule is OC/C(=C/c1cccc(C(F)(F)F)c1)C1CCCCC1. The van der Waals surface area contributed by atoms with Crippen molar-refractivity contribution in [2.45, 2.75) is 38.3 Å². The topological polar surface area (TPSA) is 20.2 Å². The van der Waals surface area contributed by atoms with Crippen molar-refractivity contribution in [1.82, 2.24) is 0 Å². The number of benzene rings is 1. The van der Waals surface area contributed by atoms with Crippen molar-refractivity contribution in [3.63, 3.8) is 0 Å². The molecule has 0 aliphatic heterocycles. The van der Waals surface area contributed by atoms with Crippen LogP contribution < -0.4 is 0 Å². The van der Waals surface area contributed by atoms with Gasteiger partial charge in [-0.1, -0.05) is 37.5 Å². The maximum Gasteiger partial charge on any atom is 0.416 e. The van der Waals surface area contributed by atoms with E-state index in [0.29, 0.717) is 11.5 Å². The van der Waals surface area contributed by atoms with E-state index in [-0.39, 0.29) is 6.61 Å². The van der Waals surface area contributed by atoms with Gasteiger partial charge < -0.3 is 5.11 Å². The Balaban J connectivity index is 2.23. The zero-order valence-electron chi connectivity index (χ0n) is 11.3. The third-order valence-corrected chi connectivity index (χ3v) is 3.88. The van der Waals surface area contributed by atoms with Gasteiger partial charge in [0.15, 0.2) is 0 Å². The maximum atomic E-state index is 12.7. The summed E-state index contributed by atoms with van der Waals surface area (Å²) in [6.45, 7) is -0.0824. The van der Waals surface area contributed by atoms with E-state index in [4.69, 9.17) is 0 Å². The predicted octanol–water partition coefficient (Wildman–Crippen LogP) is 4.66. The van der Waals surface area contributed by atoms with E-state index in [1.165, 1.54) is 12.5 Å². The van der Waals surface area contributed by atoms with E-state index in [1.54, 1.807) is 12.1 Å². The molecular formula is C16H19F3O. The van der Waals surface area contributed by atoms with Crippen molar-refractivity contribution in [2.24, 2.45) is 5.92 Å². The van der Waals surface area contributed by atoms with Gasteiger partial charge in [-0.05, 0) is 42.0 Å². The highest BCUT2D eigenvalue weighted by Gasteiger charge is 2.30. The lowest BCUT2D eigenvalue weighted by atomic mass is 9.83. The molecule has 4 heteroatoms. The first-order valence-electron chi connectivity index (χ1n) is 6.99. The number of alkyl halides is 3. The standard InChI is InChI=1S/C16H19F3O/c17-16(18,19)15-8-4-5-12(10-15)9-14(11-20)13-6-2-1-3-7-13/h4-5,8-10,13,20H,1-3,6-7,11H2/b14-9-. The van der Waals surface area contributed by atoms with Gasteiger partial charge in [-0.2, -0.15) is 13.2 Å². The van der Waals surface area contributed by atoms with Gasteiger partial charge in [0.05, 0.1) is 12.2 Å². The molecule has 110 valence electrons. The number of aliphatic hydroxyl groups is 1. The Bertz CT molecular complexity index is 471. The molecule has 1 fully saturated rings. The molecule has 20 heavy (non-hydrogen) atoms. The Kier molecular flexibility index (Phi) is 4.86. The van der Waals surface area contributed by atoms with Crippen LogP contribution in [0.5, 0.6) is 0 Å². The first-order chi connectivity index (χ1) is 9.50. The summed E-state index contributed by atoms with van der Waals surface area (Å²) >= 11 is 0. The Morgan fingerprint density at radius 1 is 1.20 bits per heavy atom. The summed E-state index contributed by atoms with van der Waals surface area (Å²) < 4.78 is 38.0. The van der Waals surface area contributed by atoms with Crippen LogP contribution in [0.1, 0.15) is 43.2 Å². The fraction of sp³-hybridized carbons (Fsp3) is 0.500. The molecule has 1 aromatic rings. The van der Waals surface area contributed by atoms with Crippen molar-refractivity contribution in [3.05, 3.63) is 41.0 Å². The molecule has 0 radical (unpaired) electrons. The minimum Gasteiger partial charge on any atom is -0.392 e. The average Bonchev–Trinajstić information content (AvgIpc) is 2.45. The third-order valence-electron chi connectivity index (χ3n) is 3.88. The van der Waals surface area contributed by atoms with E-state index >= 15 is 0 Å². The molecule has 2 rings (SSSR count). The van der Waals surface area contributed by atoms with Crippen LogP contribution in [0, 0.1) is 5.92 Å². The molecule has 1 aromatic carbocycles.